The van der Waals surface area contributed by atoms with Crippen molar-refractivity contribution >= 4 is 64.1 Å². The Balaban J connectivity index is 2.12. The number of benzene rings is 2. The zero-order valence-corrected chi connectivity index (χ0v) is 16.4. The summed E-state index contributed by atoms with van der Waals surface area (Å²) in [6.07, 6.45) is 3.01. The number of para-hydroxylation sites is 1. The van der Waals surface area contributed by atoms with Crippen LogP contribution < -0.4 is 4.90 Å². The van der Waals surface area contributed by atoms with Crippen molar-refractivity contribution in [1.82, 2.24) is 4.90 Å². The lowest BCUT2D eigenvalue weighted by Crippen LogP contribution is -2.56. The zero-order chi connectivity index (χ0) is 19.6. The van der Waals surface area contributed by atoms with Crippen LogP contribution in [-0.4, -0.2) is 28.4 Å². The predicted molar refractivity (Wildman–Crippen MR) is 113 cm³/mol. The maximum Gasteiger partial charge on any atom is 0.270 e. The minimum Gasteiger partial charge on any atom is -0.280 e. The molecule has 2 aromatic carbocycles. The molecule has 0 N–H and O–H groups in total. The quantitative estimate of drug-likeness (QED) is 0.313. The van der Waals surface area contributed by atoms with E-state index in [1.807, 2.05) is 6.07 Å². The summed E-state index contributed by atoms with van der Waals surface area (Å²) in [5, 5.41) is 0.907. The van der Waals surface area contributed by atoms with Crippen molar-refractivity contribution in [1.29, 1.82) is 0 Å². The van der Waals surface area contributed by atoms with Gasteiger partial charge in [0.05, 0.1) is 5.69 Å². The highest BCUT2D eigenvalue weighted by molar-refractivity contribution is 7.80. The average Bonchev–Trinajstić information content (AvgIpc) is 2.65. The van der Waals surface area contributed by atoms with Gasteiger partial charge in [-0.2, -0.15) is 0 Å². The smallest absolute Gasteiger partial charge is 0.270 e. The molecule has 0 radical (unpaired) electrons. The fourth-order valence-electron chi connectivity index (χ4n) is 2.64. The normalized spacial score (nSPS) is 16.2. The fourth-order valence-corrected chi connectivity index (χ4v) is 3.45. The molecule has 1 saturated heterocycles. The molecular weight excluding hydrogens is 403 g/mol. The summed E-state index contributed by atoms with van der Waals surface area (Å²) in [5.74, 6) is -1.01. The molecule has 3 rings (SSSR count). The van der Waals surface area contributed by atoms with Gasteiger partial charge in [0, 0.05) is 16.6 Å². The Morgan fingerprint density at radius 3 is 2.37 bits per heavy atom. The Morgan fingerprint density at radius 1 is 1.04 bits per heavy atom. The molecule has 2 amide bonds. The largest absolute Gasteiger partial charge is 0.280 e. The first-order valence-corrected chi connectivity index (χ1v) is 9.13. The lowest BCUT2D eigenvalue weighted by atomic mass is 10.1. The number of hydrogen-bond acceptors (Lipinski definition) is 3. The molecule has 136 valence electrons. The Labute approximate surface area is 172 Å². The van der Waals surface area contributed by atoms with Gasteiger partial charge in [-0.1, -0.05) is 53.5 Å². The van der Waals surface area contributed by atoms with Gasteiger partial charge in [-0.25, -0.2) is 0 Å². The van der Waals surface area contributed by atoms with E-state index in [2.05, 4.69) is 6.58 Å². The third-order valence-corrected chi connectivity index (χ3v) is 4.89. The molecule has 0 bridgehead atoms. The number of nitrogens with zero attached hydrogens (tertiary/aromatic N) is 2. The van der Waals surface area contributed by atoms with Gasteiger partial charge in [-0.15, -0.1) is 6.58 Å². The van der Waals surface area contributed by atoms with Gasteiger partial charge in [0.1, 0.15) is 5.57 Å². The van der Waals surface area contributed by atoms with E-state index in [1.54, 1.807) is 48.5 Å². The first-order valence-electron chi connectivity index (χ1n) is 7.97. The Kier molecular flexibility index (Phi) is 5.75. The second-order valence-corrected chi connectivity index (χ2v) is 6.90. The second kappa shape index (κ2) is 8.05. The van der Waals surface area contributed by atoms with Crippen LogP contribution in [0.15, 0.2) is 66.8 Å². The summed E-state index contributed by atoms with van der Waals surface area (Å²) in [6, 6.07) is 13.7. The molecule has 2 aromatic rings. The van der Waals surface area contributed by atoms with Crippen LogP contribution in [0, 0.1) is 0 Å². The number of thiocarbonyl (C=S) groups is 1. The van der Waals surface area contributed by atoms with Gasteiger partial charge in [0.2, 0.25) is 0 Å². The summed E-state index contributed by atoms with van der Waals surface area (Å²) < 4.78 is 0. The van der Waals surface area contributed by atoms with Crippen LogP contribution >= 0.6 is 35.4 Å². The number of hydrogen-bond donors (Lipinski definition) is 0. The maximum atomic E-state index is 13.1. The molecule has 0 unspecified atom stereocenters. The lowest BCUT2D eigenvalue weighted by Gasteiger charge is -2.36. The van der Waals surface area contributed by atoms with E-state index < -0.39 is 11.8 Å². The van der Waals surface area contributed by atoms with E-state index in [9.17, 15) is 9.59 Å². The van der Waals surface area contributed by atoms with Crippen molar-refractivity contribution in [3.8, 4) is 0 Å². The van der Waals surface area contributed by atoms with E-state index in [-0.39, 0.29) is 17.2 Å². The molecule has 0 aromatic heterocycles. The van der Waals surface area contributed by atoms with E-state index in [1.165, 1.54) is 15.9 Å². The number of rotatable bonds is 4. The topological polar surface area (TPSA) is 40.6 Å². The Hall–Kier alpha value is -2.47. The van der Waals surface area contributed by atoms with Gasteiger partial charge in [0.15, 0.2) is 5.11 Å². The second-order valence-electron chi connectivity index (χ2n) is 5.69. The molecule has 4 nitrogen and oxygen atoms in total. The van der Waals surface area contributed by atoms with Crippen molar-refractivity contribution in [3.63, 3.8) is 0 Å². The average molecular weight is 417 g/mol. The van der Waals surface area contributed by atoms with E-state index in [0.717, 1.165) is 0 Å². The molecule has 7 heteroatoms. The van der Waals surface area contributed by atoms with E-state index in [4.69, 9.17) is 35.4 Å². The van der Waals surface area contributed by atoms with Crippen LogP contribution in [0.2, 0.25) is 10.0 Å². The van der Waals surface area contributed by atoms with Crippen molar-refractivity contribution < 1.29 is 9.59 Å². The molecule has 1 fully saturated rings. The number of carbonyl (C=O) groups excluding carboxylic acids is 2. The highest BCUT2D eigenvalue weighted by atomic mass is 35.5. The van der Waals surface area contributed by atoms with Crippen LogP contribution in [0.4, 0.5) is 5.69 Å². The minimum absolute atomic E-state index is 0.0430. The number of halogens is 2. The summed E-state index contributed by atoms with van der Waals surface area (Å²) in [5.41, 5.74) is 1.04. The highest BCUT2D eigenvalue weighted by Gasteiger charge is 2.39. The molecule has 1 heterocycles. The number of amides is 2. The first kappa shape index (κ1) is 19.3. The van der Waals surface area contributed by atoms with Gasteiger partial charge < -0.3 is 0 Å². The molecule has 0 atom stereocenters. The third-order valence-electron chi connectivity index (χ3n) is 3.92. The van der Waals surface area contributed by atoms with Crippen LogP contribution in [0.1, 0.15) is 5.56 Å². The summed E-state index contributed by atoms with van der Waals surface area (Å²) >= 11 is 17.5. The van der Waals surface area contributed by atoms with Gasteiger partial charge in [-0.3, -0.25) is 19.4 Å². The van der Waals surface area contributed by atoms with Gasteiger partial charge in [-0.05, 0) is 48.1 Å². The molecule has 27 heavy (non-hydrogen) atoms. The molecule has 1 aliphatic rings. The third kappa shape index (κ3) is 3.81. The summed E-state index contributed by atoms with van der Waals surface area (Å²) in [6.45, 7) is 3.84. The zero-order valence-electron chi connectivity index (χ0n) is 14.1. The van der Waals surface area contributed by atoms with Crippen molar-refractivity contribution in [3.05, 3.63) is 82.4 Å². The number of anilines is 1. The molecule has 0 saturated carbocycles. The molecule has 1 aliphatic heterocycles. The molecule has 0 aliphatic carbocycles. The fraction of sp³-hybridized carbons (Fsp3) is 0.0500. The van der Waals surface area contributed by atoms with Crippen LogP contribution in [-0.2, 0) is 9.59 Å². The summed E-state index contributed by atoms with van der Waals surface area (Å²) in [4.78, 5) is 28.7. The minimum atomic E-state index is -0.512. The lowest BCUT2D eigenvalue weighted by molar-refractivity contribution is -0.127. The van der Waals surface area contributed by atoms with Crippen LogP contribution in [0.3, 0.4) is 0 Å². The van der Waals surface area contributed by atoms with Crippen molar-refractivity contribution in [2.24, 2.45) is 0 Å². The van der Waals surface area contributed by atoms with Crippen molar-refractivity contribution in [2.45, 2.75) is 0 Å². The number of carbonyl (C=O) groups is 2. The van der Waals surface area contributed by atoms with Gasteiger partial charge in [0.25, 0.3) is 11.8 Å². The maximum absolute atomic E-state index is 13.1. The van der Waals surface area contributed by atoms with Crippen LogP contribution in [0.5, 0.6) is 0 Å². The van der Waals surface area contributed by atoms with Crippen LogP contribution in [0.25, 0.3) is 6.08 Å². The monoisotopic (exact) mass is 416 g/mol. The Morgan fingerprint density at radius 2 is 1.74 bits per heavy atom. The molecule has 0 spiro atoms. The van der Waals surface area contributed by atoms with Crippen molar-refractivity contribution in [2.75, 3.05) is 11.4 Å². The van der Waals surface area contributed by atoms with Gasteiger partial charge >= 0.3 is 0 Å². The standard InChI is InChI=1S/C20H14Cl2N2O2S/c1-2-10-23-18(25)16(11-13-8-9-14(21)12-17(13)22)19(26)24(20(23)27)15-6-4-3-5-7-15/h2-9,11-12H,1,10H2/b16-11+. The van der Waals surface area contributed by atoms with E-state index in [0.29, 0.717) is 21.3 Å². The summed E-state index contributed by atoms with van der Waals surface area (Å²) in [7, 11) is 0. The highest BCUT2D eigenvalue weighted by Crippen LogP contribution is 2.28. The molecular formula is C20H14Cl2N2O2S. The Bertz CT molecular complexity index is 973. The van der Waals surface area contributed by atoms with E-state index >= 15 is 0 Å². The SMILES string of the molecule is C=CCN1C(=O)/C(=C\c2ccc(Cl)cc2Cl)C(=O)N(c2ccccc2)C1=S. The first-order chi connectivity index (χ1) is 12.9. The predicted octanol–water partition coefficient (Wildman–Crippen LogP) is 4.72.